The molecule has 0 bridgehead atoms. The van der Waals surface area contributed by atoms with Crippen LogP contribution in [0.4, 0.5) is 20.2 Å². The van der Waals surface area contributed by atoms with E-state index < -0.39 is 30.8 Å². The molecule has 1 saturated heterocycles. The third-order valence-electron chi connectivity index (χ3n) is 3.77. The number of carbonyl (C=O) groups is 2. The molecule has 1 saturated carbocycles. The summed E-state index contributed by atoms with van der Waals surface area (Å²) in [5.74, 6) is -3.28. The second-order valence-electron chi connectivity index (χ2n) is 5.83. The maximum absolute atomic E-state index is 13.1. The Balaban J connectivity index is 0.00000192. The first-order chi connectivity index (χ1) is 10.4. The van der Waals surface area contributed by atoms with Crippen LogP contribution >= 0.6 is 12.4 Å². The van der Waals surface area contributed by atoms with Crippen LogP contribution in [0.15, 0.2) is 24.3 Å². The molecule has 126 valence electrons. The Morgan fingerprint density at radius 2 is 1.74 bits per heavy atom. The van der Waals surface area contributed by atoms with Gasteiger partial charge in [-0.3, -0.25) is 14.9 Å². The van der Waals surface area contributed by atoms with Crippen LogP contribution in [0.5, 0.6) is 0 Å². The largest absolute Gasteiger partial charge is 0.326 e. The van der Waals surface area contributed by atoms with Gasteiger partial charge in [0.25, 0.3) is 5.92 Å². The average Bonchev–Trinajstić information content (AvgIpc) is 3.23. The summed E-state index contributed by atoms with van der Waals surface area (Å²) in [5, 5.41) is 7.87. The van der Waals surface area contributed by atoms with Crippen molar-refractivity contribution in [2.75, 3.05) is 17.2 Å². The predicted octanol–water partition coefficient (Wildman–Crippen LogP) is 2.39. The van der Waals surface area contributed by atoms with Crippen LogP contribution < -0.4 is 16.0 Å². The minimum Gasteiger partial charge on any atom is -0.326 e. The zero-order chi connectivity index (χ0) is 15.7. The van der Waals surface area contributed by atoms with E-state index in [0.717, 1.165) is 12.8 Å². The van der Waals surface area contributed by atoms with Crippen molar-refractivity contribution in [2.24, 2.45) is 5.92 Å². The van der Waals surface area contributed by atoms with Gasteiger partial charge >= 0.3 is 0 Å². The SMILES string of the molecule is Cl.O=C(Nc1cccc(NC(=O)C2CC(F)(F)CN2)c1)C1CC1. The quantitative estimate of drug-likeness (QED) is 0.784. The first kappa shape index (κ1) is 17.6. The highest BCUT2D eigenvalue weighted by Gasteiger charge is 2.42. The van der Waals surface area contributed by atoms with Crippen LogP contribution in [0.3, 0.4) is 0 Å². The summed E-state index contributed by atoms with van der Waals surface area (Å²) in [6.45, 7) is -0.484. The molecule has 2 aliphatic rings. The van der Waals surface area contributed by atoms with E-state index in [1.807, 2.05) is 0 Å². The molecule has 2 amide bonds. The minimum absolute atomic E-state index is 0. The van der Waals surface area contributed by atoms with Crippen LogP contribution in [0.1, 0.15) is 19.3 Å². The Hall–Kier alpha value is -1.73. The van der Waals surface area contributed by atoms with Gasteiger partial charge in [0, 0.05) is 23.7 Å². The van der Waals surface area contributed by atoms with E-state index in [9.17, 15) is 18.4 Å². The van der Waals surface area contributed by atoms with Crippen LogP contribution in [-0.4, -0.2) is 30.3 Å². The lowest BCUT2D eigenvalue weighted by molar-refractivity contribution is -0.118. The summed E-state index contributed by atoms with van der Waals surface area (Å²) in [5.41, 5.74) is 1.05. The standard InChI is InChI=1S/C15H17F2N3O2.ClH/c16-15(17)7-12(18-8-15)14(22)20-11-3-1-2-10(6-11)19-13(21)9-4-5-9;/h1-3,6,9,12,18H,4-5,7-8H2,(H,19,21)(H,20,22);1H. The molecule has 1 aliphatic heterocycles. The highest BCUT2D eigenvalue weighted by atomic mass is 35.5. The zero-order valence-electron chi connectivity index (χ0n) is 12.3. The van der Waals surface area contributed by atoms with Crippen molar-refractivity contribution in [1.82, 2.24) is 5.32 Å². The Morgan fingerprint density at radius 1 is 1.13 bits per heavy atom. The van der Waals surface area contributed by atoms with Crippen LogP contribution in [0, 0.1) is 5.92 Å². The number of anilines is 2. The van der Waals surface area contributed by atoms with E-state index in [1.165, 1.54) is 0 Å². The van der Waals surface area contributed by atoms with Gasteiger partial charge in [-0.25, -0.2) is 8.78 Å². The Bertz CT molecular complexity index is 608. The third kappa shape index (κ3) is 4.62. The number of benzene rings is 1. The van der Waals surface area contributed by atoms with Gasteiger partial charge in [-0.05, 0) is 31.0 Å². The van der Waals surface area contributed by atoms with Crippen molar-refractivity contribution >= 4 is 35.6 Å². The van der Waals surface area contributed by atoms with Crippen LogP contribution in [0.25, 0.3) is 0 Å². The second kappa shape index (κ2) is 6.80. The Morgan fingerprint density at radius 3 is 2.26 bits per heavy atom. The van der Waals surface area contributed by atoms with E-state index in [1.54, 1.807) is 24.3 Å². The molecular weight excluding hydrogens is 328 g/mol. The molecule has 5 nitrogen and oxygen atoms in total. The summed E-state index contributed by atoms with van der Waals surface area (Å²) >= 11 is 0. The number of carbonyl (C=O) groups excluding carboxylic acids is 2. The Kier molecular flexibility index (Phi) is 5.21. The monoisotopic (exact) mass is 345 g/mol. The van der Waals surface area contributed by atoms with E-state index in [2.05, 4.69) is 16.0 Å². The van der Waals surface area contributed by atoms with Crippen molar-refractivity contribution in [3.63, 3.8) is 0 Å². The fourth-order valence-electron chi connectivity index (χ4n) is 2.39. The van der Waals surface area contributed by atoms with Gasteiger partial charge in [0.05, 0.1) is 12.6 Å². The number of nitrogens with one attached hydrogen (secondary N) is 3. The lowest BCUT2D eigenvalue weighted by Crippen LogP contribution is -2.35. The molecule has 1 unspecified atom stereocenters. The summed E-state index contributed by atoms with van der Waals surface area (Å²) in [6.07, 6.45) is 1.31. The number of hydrogen-bond acceptors (Lipinski definition) is 3. The topological polar surface area (TPSA) is 70.2 Å². The summed E-state index contributed by atoms with van der Waals surface area (Å²) in [6, 6.07) is 5.77. The summed E-state index contributed by atoms with van der Waals surface area (Å²) < 4.78 is 26.2. The van der Waals surface area contributed by atoms with Crippen LogP contribution in [0.2, 0.25) is 0 Å². The first-order valence-electron chi connectivity index (χ1n) is 7.26. The molecule has 1 heterocycles. The number of hydrogen-bond donors (Lipinski definition) is 3. The summed E-state index contributed by atoms with van der Waals surface area (Å²) in [7, 11) is 0. The lowest BCUT2D eigenvalue weighted by Gasteiger charge is -2.12. The predicted molar refractivity (Wildman–Crippen MR) is 85.0 cm³/mol. The van der Waals surface area contributed by atoms with Crippen molar-refractivity contribution < 1.29 is 18.4 Å². The molecule has 1 aromatic rings. The molecule has 0 spiro atoms. The van der Waals surface area contributed by atoms with Gasteiger partial charge in [0.1, 0.15) is 0 Å². The number of halogens is 3. The molecule has 2 fully saturated rings. The molecule has 23 heavy (non-hydrogen) atoms. The van der Waals surface area contributed by atoms with Crippen molar-refractivity contribution in [1.29, 1.82) is 0 Å². The number of rotatable bonds is 4. The van der Waals surface area contributed by atoms with Crippen LogP contribution in [-0.2, 0) is 9.59 Å². The summed E-state index contributed by atoms with van der Waals surface area (Å²) in [4.78, 5) is 23.7. The number of alkyl halides is 2. The molecule has 3 N–H and O–H groups in total. The molecule has 1 atom stereocenters. The van der Waals surface area contributed by atoms with E-state index >= 15 is 0 Å². The zero-order valence-corrected chi connectivity index (χ0v) is 13.1. The van der Waals surface area contributed by atoms with Gasteiger partial charge in [0.2, 0.25) is 11.8 Å². The van der Waals surface area contributed by atoms with Crippen molar-refractivity contribution in [3.8, 4) is 0 Å². The van der Waals surface area contributed by atoms with Crippen molar-refractivity contribution in [2.45, 2.75) is 31.2 Å². The molecule has 8 heteroatoms. The molecular formula is C15H18ClF2N3O2. The molecule has 0 aromatic heterocycles. The smallest absolute Gasteiger partial charge is 0.262 e. The first-order valence-corrected chi connectivity index (χ1v) is 7.26. The van der Waals surface area contributed by atoms with Gasteiger partial charge in [-0.2, -0.15) is 0 Å². The lowest BCUT2D eigenvalue weighted by atomic mass is 10.1. The molecule has 0 radical (unpaired) electrons. The van der Waals surface area contributed by atoms with Crippen molar-refractivity contribution in [3.05, 3.63) is 24.3 Å². The highest BCUT2D eigenvalue weighted by molar-refractivity contribution is 5.97. The van der Waals surface area contributed by atoms with E-state index in [4.69, 9.17) is 0 Å². The molecule has 1 aromatic carbocycles. The van der Waals surface area contributed by atoms with Gasteiger partial charge in [-0.1, -0.05) is 6.07 Å². The van der Waals surface area contributed by atoms with Gasteiger partial charge in [0.15, 0.2) is 0 Å². The fourth-order valence-corrected chi connectivity index (χ4v) is 2.39. The van der Waals surface area contributed by atoms with E-state index in [0.29, 0.717) is 11.4 Å². The fraction of sp³-hybridized carbons (Fsp3) is 0.467. The van der Waals surface area contributed by atoms with Gasteiger partial charge in [-0.15, -0.1) is 12.4 Å². The minimum atomic E-state index is -2.85. The maximum atomic E-state index is 13.1. The second-order valence-corrected chi connectivity index (χ2v) is 5.83. The van der Waals surface area contributed by atoms with E-state index in [-0.39, 0.29) is 24.2 Å². The molecule has 3 rings (SSSR count). The number of amides is 2. The highest BCUT2D eigenvalue weighted by Crippen LogP contribution is 2.30. The maximum Gasteiger partial charge on any atom is 0.262 e. The Labute approximate surface area is 138 Å². The third-order valence-corrected chi connectivity index (χ3v) is 3.77. The normalized spacial score (nSPS) is 22.1. The average molecular weight is 346 g/mol. The van der Waals surface area contributed by atoms with Gasteiger partial charge < -0.3 is 10.6 Å². The molecule has 1 aliphatic carbocycles.